The maximum Gasteiger partial charge on any atom is 0.277 e. The second-order valence-electron chi connectivity index (χ2n) is 4.03. The number of ether oxygens (including phenoxy) is 1. The predicted molar refractivity (Wildman–Crippen MR) is 84.1 cm³/mol. The van der Waals surface area contributed by atoms with Gasteiger partial charge in [0.1, 0.15) is 5.75 Å². The van der Waals surface area contributed by atoms with E-state index in [2.05, 4.69) is 10.5 Å². The van der Waals surface area contributed by atoms with E-state index in [9.17, 15) is 4.79 Å². The van der Waals surface area contributed by atoms with Gasteiger partial charge in [-0.05, 0) is 24.3 Å². The highest BCUT2D eigenvalue weighted by atomic mass is 35.5. The van der Waals surface area contributed by atoms with Crippen molar-refractivity contribution < 1.29 is 9.53 Å². The first-order chi connectivity index (χ1) is 10.2. The molecule has 0 radical (unpaired) electrons. The number of nitrogens with zero attached hydrogens (tertiary/aromatic N) is 1. The maximum atomic E-state index is 11.6. The molecule has 4 nitrogen and oxygen atoms in total. The topological polar surface area (TPSA) is 50.7 Å². The molecular formula is C15H12Cl2N2O2. The first-order valence-electron chi connectivity index (χ1n) is 6.10. The summed E-state index contributed by atoms with van der Waals surface area (Å²) < 4.78 is 5.28. The summed E-state index contributed by atoms with van der Waals surface area (Å²) >= 11 is 11.9. The summed E-state index contributed by atoms with van der Waals surface area (Å²) in [6.07, 6.45) is 1.39. The van der Waals surface area contributed by atoms with E-state index in [0.29, 0.717) is 21.4 Å². The Morgan fingerprint density at radius 3 is 2.43 bits per heavy atom. The normalized spacial score (nSPS) is 10.6. The molecule has 0 spiro atoms. The van der Waals surface area contributed by atoms with E-state index in [1.165, 1.54) is 6.21 Å². The van der Waals surface area contributed by atoms with E-state index in [1.54, 1.807) is 30.3 Å². The number of hydrogen-bond donors (Lipinski definition) is 1. The van der Waals surface area contributed by atoms with Crippen LogP contribution in [0.4, 0.5) is 0 Å². The van der Waals surface area contributed by atoms with E-state index >= 15 is 0 Å². The van der Waals surface area contributed by atoms with Crippen molar-refractivity contribution in [3.8, 4) is 5.75 Å². The van der Waals surface area contributed by atoms with Crippen molar-refractivity contribution in [1.29, 1.82) is 0 Å². The molecule has 6 heteroatoms. The van der Waals surface area contributed by atoms with Gasteiger partial charge in [0.25, 0.3) is 5.91 Å². The van der Waals surface area contributed by atoms with Crippen molar-refractivity contribution in [2.45, 2.75) is 0 Å². The van der Waals surface area contributed by atoms with Gasteiger partial charge in [0.2, 0.25) is 0 Å². The number of carbonyl (C=O) groups excluding carboxylic acids is 1. The van der Waals surface area contributed by atoms with Crippen LogP contribution in [0.1, 0.15) is 5.56 Å². The summed E-state index contributed by atoms with van der Waals surface area (Å²) in [6, 6.07) is 14.2. The molecule has 0 aliphatic heterocycles. The summed E-state index contributed by atoms with van der Waals surface area (Å²) in [7, 11) is 0. The number of rotatable bonds is 5. The second-order valence-corrected chi connectivity index (χ2v) is 4.84. The van der Waals surface area contributed by atoms with Gasteiger partial charge >= 0.3 is 0 Å². The van der Waals surface area contributed by atoms with Crippen LogP contribution in [0, 0.1) is 0 Å². The Kier molecular flexibility index (Phi) is 5.60. The molecule has 2 aromatic rings. The number of amides is 1. The summed E-state index contributed by atoms with van der Waals surface area (Å²) in [4.78, 5) is 11.6. The third kappa shape index (κ3) is 4.77. The molecule has 0 aliphatic rings. The molecule has 0 atom stereocenters. The van der Waals surface area contributed by atoms with Crippen LogP contribution in [0.3, 0.4) is 0 Å². The fraction of sp³-hybridized carbons (Fsp3) is 0.0667. The summed E-state index contributed by atoms with van der Waals surface area (Å²) in [5.41, 5.74) is 2.89. The fourth-order valence-corrected chi connectivity index (χ4v) is 2.00. The first kappa shape index (κ1) is 15.4. The van der Waals surface area contributed by atoms with Gasteiger partial charge < -0.3 is 4.74 Å². The van der Waals surface area contributed by atoms with Crippen LogP contribution >= 0.6 is 23.2 Å². The standard InChI is InChI=1S/C15H12Cl2N2O2/c16-13-7-4-8-14(17)12(13)9-18-19-15(20)10-21-11-5-2-1-3-6-11/h1-9H,10H2,(H,19,20). The molecule has 0 unspecified atom stereocenters. The van der Waals surface area contributed by atoms with Crippen molar-refractivity contribution in [3.63, 3.8) is 0 Å². The van der Waals surface area contributed by atoms with E-state index < -0.39 is 0 Å². The van der Waals surface area contributed by atoms with Crippen molar-refractivity contribution >= 4 is 35.3 Å². The zero-order chi connectivity index (χ0) is 15.1. The van der Waals surface area contributed by atoms with Crippen LogP contribution in [-0.4, -0.2) is 18.7 Å². The van der Waals surface area contributed by atoms with Crippen molar-refractivity contribution in [2.75, 3.05) is 6.61 Å². The number of halogens is 2. The zero-order valence-corrected chi connectivity index (χ0v) is 12.4. The van der Waals surface area contributed by atoms with Gasteiger partial charge in [0.05, 0.1) is 16.3 Å². The zero-order valence-electron chi connectivity index (χ0n) is 10.9. The van der Waals surface area contributed by atoms with Crippen LogP contribution in [0.5, 0.6) is 5.75 Å². The Bertz CT molecular complexity index is 625. The van der Waals surface area contributed by atoms with Gasteiger partial charge in [0.15, 0.2) is 6.61 Å². The minimum Gasteiger partial charge on any atom is -0.484 e. The molecular weight excluding hydrogens is 311 g/mol. The van der Waals surface area contributed by atoms with Crippen molar-refractivity contribution in [2.24, 2.45) is 5.10 Å². The maximum absolute atomic E-state index is 11.6. The number of para-hydroxylation sites is 1. The summed E-state index contributed by atoms with van der Waals surface area (Å²) in [5.74, 6) is 0.240. The molecule has 0 fully saturated rings. The molecule has 0 bridgehead atoms. The van der Waals surface area contributed by atoms with E-state index in [1.807, 2.05) is 18.2 Å². The van der Waals surface area contributed by atoms with Gasteiger partial charge in [-0.25, -0.2) is 5.43 Å². The third-order valence-electron chi connectivity index (χ3n) is 2.50. The Hall–Kier alpha value is -2.04. The van der Waals surface area contributed by atoms with E-state index in [4.69, 9.17) is 27.9 Å². The van der Waals surface area contributed by atoms with Crippen LogP contribution < -0.4 is 10.2 Å². The van der Waals surface area contributed by atoms with Crippen LogP contribution in [0.2, 0.25) is 10.0 Å². The largest absolute Gasteiger partial charge is 0.484 e. The third-order valence-corrected chi connectivity index (χ3v) is 3.15. The molecule has 108 valence electrons. The van der Waals surface area contributed by atoms with Gasteiger partial charge in [-0.15, -0.1) is 0 Å². The SMILES string of the molecule is O=C(COc1ccccc1)NN=Cc1c(Cl)cccc1Cl. The van der Waals surface area contributed by atoms with Crippen LogP contribution in [-0.2, 0) is 4.79 Å². The number of hydrogen-bond acceptors (Lipinski definition) is 3. The lowest BCUT2D eigenvalue weighted by Crippen LogP contribution is -2.24. The lowest BCUT2D eigenvalue weighted by Gasteiger charge is -2.04. The highest BCUT2D eigenvalue weighted by Gasteiger charge is 2.03. The second kappa shape index (κ2) is 7.67. The van der Waals surface area contributed by atoms with Gasteiger partial charge in [-0.2, -0.15) is 5.10 Å². The molecule has 0 aliphatic carbocycles. The first-order valence-corrected chi connectivity index (χ1v) is 6.86. The van der Waals surface area contributed by atoms with Gasteiger partial charge in [-0.3, -0.25) is 4.79 Å². The Morgan fingerprint density at radius 1 is 1.10 bits per heavy atom. The lowest BCUT2D eigenvalue weighted by molar-refractivity contribution is -0.123. The highest BCUT2D eigenvalue weighted by Crippen LogP contribution is 2.21. The Morgan fingerprint density at radius 2 is 1.76 bits per heavy atom. The molecule has 2 rings (SSSR count). The molecule has 2 aromatic carbocycles. The number of nitrogens with one attached hydrogen (secondary N) is 1. The Labute approximate surface area is 132 Å². The van der Waals surface area contributed by atoms with Crippen LogP contribution in [0.15, 0.2) is 53.6 Å². The van der Waals surface area contributed by atoms with Gasteiger partial charge in [0, 0.05) is 5.56 Å². The molecule has 1 amide bonds. The number of benzene rings is 2. The highest BCUT2D eigenvalue weighted by molar-refractivity contribution is 6.38. The van der Waals surface area contributed by atoms with Crippen molar-refractivity contribution in [3.05, 3.63) is 64.1 Å². The summed E-state index contributed by atoms with van der Waals surface area (Å²) in [5, 5.41) is 4.72. The minimum atomic E-state index is -0.377. The quantitative estimate of drug-likeness (QED) is 0.676. The van der Waals surface area contributed by atoms with Crippen LogP contribution in [0.25, 0.3) is 0 Å². The predicted octanol–water partition coefficient (Wildman–Crippen LogP) is 3.52. The molecule has 0 saturated carbocycles. The lowest BCUT2D eigenvalue weighted by atomic mass is 10.2. The Balaban J connectivity index is 1.85. The average Bonchev–Trinajstić information content (AvgIpc) is 2.49. The number of carbonyl (C=O) groups is 1. The molecule has 1 N–H and O–H groups in total. The summed E-state index contributed by atoms with van der Waals surface area (Å²) in [6.45, 7) is -0.127. The monoisotopic (exact) mass is 322 g/mol. The van der Waals surface area contributed by atoms with E-state index in [0.717, 1.165) is 0 Å². The molecule has 0 aromatic heterocycles. The average molecular weight is 323 g/mol. The molecule has 0 saturated heterocycles. The minimum absolute atomic E-state index is 0.127. The van der Waals surface area contributed by atoms with Gasteiger partial charge in [-0.1, -0.05) is 47.5 Å². The molecule has 0 heterocycles. The molecule has 21 heavy (non-hydrogen) atoms. The number of hydrazone groups is 1. The van der Waals surface area contributed by atoms with E-state index in [-0.39, 0.29) is 12.5 Å². The smallest absolute Gasteiger partial charge is 0.277 e. The van der Waals surface area contributed by atoms with Crippen molar-refractivity contribution in [1.82, 2.24) is 5.43 Å². The fourth-order valence-electron chi connectivity index (χ4n) is 1.50.